The molecule has 0 aliphatic carbocycles. The van der Waals surface area contributed by atoms with E-state index in [0.29, 0.717) is 24.0 Å². The van der Waals surface area contributed by atoms with Crippen molar-refractivity contribution in [2.24, 2.45) is 0 Å². The van der Waals surface area contributed by atoms with Crippen LogP contribution in [0.1, 0.15) is 54.9 Å². The number of carboxylic acids is 2. The Hall–Kier alpha value is -3.62. The van der Waals surface area contributed by atoms with Crippen molar-refractivity contribution in [3.8, 4) is 0 Å². The Balaban J connectivity index is 2.48. The fourth-order valence-corrected chi connectivity index (χ4v) is 3.92. The molecule has 218 valence electrons. The van der Waals surface area contributed by atoms with Gasteiger partial charge in [0.05, 0.1) is 26.6 Å². The third-order valence-electron chi connectivity index (χ3n) is 5.78. The summed E-state index contributed by atoms with van der Waals surface area (Å²) >= 11 is 0. The van der Waals surface area contributed by atoms with Gasteiger partial charge in [-0.15, -0.1) is 0 Å². The molecule has 0 aliphatic rings. The monoisotopic (exact) mass is 560 g/mol. The molecular weight excluding hydrogens is 524 g/mol. The van der Waals surface area contributed by atoms with Gasteiger partial charge < -0.3 is 43.6 Å². The van der Waals surface area contributed by atoms with E-state index in [1.54, 1.807) is 12.1 Å². The number of quaternary nitrogens is 1. The largest absolute Gasteiger partial charge is 0.531 e. The van der Waals surface area contributed by atoms with E-state index in [9.17, 15) is 42.0 Å². The highest BCUT2D eigenvalue weighted by molar-refractivity contribution is 6.58. The lowest BCUT2D eigenvalue weighted by Crippen LogP contribution is -2.50. The van der Waals surface area contributed by atoms with Crippen LogP contribution in [0.5, 0.6) is 0 Å². The molecule has 0 radical (unpaired) electrons. The van der Waals surface area contributed by atoms with Gasteiger partial charge in [-0.1, -0.05) is 12.1 Å². The van der Waals surface area contributed by atoms with Crippen molar-refractivity contribution in [3.05, 3.63) is 35.4 Å². The molecule has 5 N–H and O–H groups in total. The Bertz CT molecular complexity index is 1020. The molecule has 3 amide bonds. The third-order valence-corrected chi connectivity index (χ3v) is 5.78. The SMILES string of the molecule is CC(=O)C(CCC(=O)O)NC(=O)NC(CCCCNC(=O)c1ccc(C[N+](C)(C)C[B-](F)(F)F)cc1)C(=O)O. The minimum atomic E-state index is -4.93. The number of carboxylic acid groups (broad SMARTS) is 2. The zero-order valence-corrected chi connectivity index (χ0v) is 22.2. The standard InChI is InChI=1S/C24H36BF3N4O7/c1-16(33)19(11-12-21(34)35)30-24(39)31-20(23(37)38)6-4-5-13-29-22(36)18-9-7-17(8-10-18)14-32(2,3)15-25(26,27)28/h7-10,19-20H,4-6,11-15H2,1-3H3,(H,29,36)(H,34,35)(H,37,38)(H2,30,31,39). The molecule has 1 aromatic carbocycles. The van der Waals surface area contributed by atoms with E-state index < -0.39 is 55.2 Å². The van der Waals surface area contributed by atoms with Gasteiger partial charge in [0.15, 0.2) is 5.78 Å². The Labute approximate surface area is 224 Å². The highest BCUT2D eigenvalue weighted by Gasteiger charge is 2.33. The number of urea groups is 1. The first-order valence-corrected chi connectivity index (χ1v) is 12.4. The Morgan fingerprint density at radius 3 is 2.03 bits per heavy atom. The van der Waals surface area contributed by atoms with Crippen molar-refractivity contribution in [1.82, 2.24) is 16.0 Å². The maximum Gasteiger partial charge on any atom is 0.531 e. The molecule has 15 heteroatoms. The summed E-state index contributed by atoms with van der Waals surface area (Å²) < 4.78 is 38.1. The smallest absolute Gasteiger partial charge is 0.481 e. The average Bonchev–Trinajstić information content (AvgIpc) is 2.78. The van der Waals surface area contributed by atoms with Gasteiger partial charge in [-0.3, -0.25) is 14.4 Å². The van der Waals surface area contributed by atoms with Gasteiger partial charge in [0, 0.05) is 24.1 Å². The molecule has 11 nitrogen and oxygen atoms in total. The number of Topliss-reactive ketones (excluding diaryl/α,β-unsaturated/α-hetero) is 1. The summed E-state index contributed by atoms with van der Waals surface area (Å²) in [6, 6.07) is 3.02. The van der Waals surface area contributed by atoms with Crippen LogP contribution in [0.25, 0.3) is 0 Å². The van der Waals surface area contributed by atoms with Crippen molar-refractivity contribution in [3.63, 3.8) is 0 Å². The van der Waals surface area contributed by atoms with Crippen LogP contribution in [0.2, 0.25) is 0 Å². The third kappa shape index (κ3) is 14.2. The maximum atomic E-state index is 12.8. The summed E-state index contributed by atoms with van der Waals surface area (Å²) in [5.74, 6) is -3.29. The molecule has 0 fully saturated rings. The van der Waals surface area contributed by atoms with Gasteiger partial charge in [-0.2, -0.15) is 0 Å². The van der Waals surface area contributed by atoms with Crippen molar-refractivity contribution in [1.29, 1.82) is 0 Å². The lowest BCUT2D eigenvalue weighted by atomic mass is 9.90. The number of amides is 3. The topological polar surface area (TPSA) is 162 Å². The highest BCUT2D eigenvalue weighted by Crippen LogP contribution is 2.18. The molecule has 1 aromatic rings. The Kier molecular flexibility index (Phi) is 12.9. The van der Waals surface area contributed by atoms with E-state index in [-0.39, 0.29) is 36.8 Å². The second-order valence-corrected chi connectivity index (χ2v) is 10.0. The van der Waals surface area contributed by atoms with E-state index in [1.165, 1.54) is 33.2 Å². The second kappa shape index (κ2) is 15.1. The van der Waals surface area contributed by atoms with E-state index in [4.69, 9.17) is 5.11 Å². The number of aliphatic carboxylic acids is 2. The molecule has 0 saturated heterocycles. The van der Waals surface area contributed by atoms with E-state index in [2.05, 4.69) is 16.0 Å². The van der Waals surface area contributed by atoms with Gasteiger partial charge in [-0.05, 0) is 44.7 Å². The van der Waals surface area contributed by atoms with Crippen LogP contribution in [0.3, 0.4) is 0 Å². The zero-order valence-electron chi connectivity index (χ0n) is 22.2. The van der Waals surface area contributed by atoms with Gasteiger partial charge in [0.2, 0.25) is 0 Å². The van der Waals surface area contributed by atoms with Crippen LogP contribution in [-0.2, 0) is 20.9 Å². The van der Waals surface area contributed by atoms with Crippen LogP contribution in [-0.4, -0.2) is 90.5 Å². The molecule has 39 heavy (non-hydrogen) atoms. The predicted molar refractivity (Wildman–Crippen MR) is 137 cm³/mol. The molecule has 0 saturated carbocycles. The Morgan fingerprint density at radius 1 is 0.923 bits per heavy atom. The number of halogens is 3. The van der Waals surface area contributed by atoms with Crippen molar-refractivity contribution in [2.75, 3.05) is 27.1 Å². The molecule has 0 bridgehead atoms. The van der Waals surface area contributed by atoms with E-state index in [0.717, 1.165) is 0 Å². The summed E-state index contributed by atoms with van der Waals surface area (Å²) in [6.07, 6.45) is -0.621. The van der Waals surface area contributed by atoms with E-state index >= 15 is 0 Å². The summed E-state index contributed by atoms with van der Waals surface area (Å²) in [4.78, 5) is 58.3. The number of nitrogens with one attached hydrogen (secondary N) is 3. The molecule has 0 aromatic heterocycles. The van der Waals surface area contributed by atoms with Crippen LogP contribution in [0, 0.1) is 0 Å². The van der Waals surface area contributed by atoms with Gasteiger partial charge in [0.1, 0.15) is 12.6 Å². The normalized spacial score (nSPS) is 13.2. The molecule has 2 atom stereocenters. The van der Waals surface area contributed by atoms with Crippen LogP contribution in [0.15, 0.2) is 24.3 Å². The number of carbonyl (C=O) groups excluding carboxylic acids is 3. The Morgan fingerprint density at radius 2 is 1.51 bits per heavy atom. The predicted octanol–water partition coefficient (Wildman–Crippen LogP) is 2.12. The number of ketones is 1. The van der Waals surface area contributed by atoms with E-state index in [1.807, 2.05) is 0 Å². The molecule has 0 spiro atoms. The maximum absolute atomic E-state index is 12.8. The number of carbonyl (C=O) groups is 5. The van der Waals surface area contributed by atoms with Crippen LogP contribution in [0.4, 0.5) is 17.7 Å². The number of rotatable bonds is 17. The number of hydrogen-bond donors (Lipinski definition) is 5. The molecule has 0 aliphatic heterocycles. The number of nitrogens with zero attached hydrogens (tertiary/aromatic N) is 1. The minimum Gasteiger partial charge on any atom is -0.481 e. The molecule has 1 rings (SSSR count). The lowest BCUT2D eigenvalue weighted by molar-refractivity contribution is -0.895. The fourth-order valence-electron chi connectivity index (χ4n) is 3.92. The summed E-state index contributed by atoms with van der Waals surface area (Å²) in [6.45, 7) is -3.38. The first-order chi connectivity index (χ1) is 18.0. The molecule has 0 heterocycles. The summed E-state index contributed by atoms with van der Waals surface area (Å²) in [5, 5.41) is 25.3. The fraction of sp³-hybridized carbons (Fsp3) is 0.542. The van der Waals surface area contributed by atoms with Crippen LogP contribution < -0.4 is 16.0 Å². The lowest BCUT2D eigenvalue weighted by Gasteiger charge is -2.34. The van der Waals surface area contributed by atoms with Crippen LogP contribution >= 0.6 is 0 Å². The summed E-state index contributed by atoms with van der Waals surface area (Å²) in [5.41, 5.74) is 0.984. The van der Waals surface area contributed by atoms with Gasteiger partial charge >= 0.3 is 24.9 Å². The summed E-state index contributed by atoms with van der Waals surface area (Å²) in [7, 11) is 2.97. The minimum absolute atomic E-state index is 0.0421. The number of hydrogen-bond acceptors (Lipinski definition) is 5. The highest BCUT2D eigenvalue weighted by atomic mass is 19.4. The van der Waals surface area contributed by atoms with Crippen molar-refractivity contribution < 1.29 is 51.6 Å². The number of benzene rings is 1. The first-order valence-electron chi connectivity index (χ1n) is 12.4. The first kappa shape index (κ1) is 33.4. The van der Waals surface area contributed by atoms with Gasteiger partial charge in [0.25, 0.3) is 5.91 Å². The number of unbranched alkanes of at least 4 members (excludes halogenated alkanes) is 1. The zero-order chi connectivity index (χ0) is 29.8. The van der Waals surface area contributed by atoms with Crippen molar-refractivity contribution >= 4 is 36.6 Å². The molecular formula is C24H36BF3N4O7. The van der Waals surface area contributed by atoms with Gasteiger partial charge in [-0.25, -0.2) is 9.59 Å². The average molecular weight is 560 g/mol. The van der Waals surface area contributed by atoms with Crippen molar-refractivity contribution in [2.45, 2.75) is 57.7 Å². The quantitative estimate of drug-likeness (QED) is 0.111. The second-order valence-electron chi connectivity index (χ2n) is 10.0. The molecule has 2 unspecified atom stereocenters.